The molecule has 7 nitrogen and oxygen atoms in total. The van der Waals surface area contributed by atoms with Gasteiger partial charge in [-0.1, -0.05) is 54.5 Å². The molecule has 2 aromatic carbocycles. The monoisotopic (exact) mass is 460 g/mol. The van der Waals surface area contributed by atoms with Crippen molar-refractivity contribution in [3.63, 3.8) is 0 Å². The Hall–Kier alpha value is -4.00. The second kappa shape index (κ2) is 10.1. The summed E-state index contributed by atoms with van der Waals surface area (Å²) in [6, 6.07) is 13.1. The molecule has 172 valence electrons. The number of carboxylic acid groups (broad SMARTS) is 1. The Labute approximate surface area is 186 Å². The molecule has 0 heterocycles. The van der Waals surface area contributed by atoms with Crippen molar-refractivity contribution in [3.8, 4) is 23.0 Å². The number of amides is 2. The summed E-state index contributed by atoms with van der Waals surface area (Å²) < 4.78 is 43.9. The number of ether oxygens (including phenoxy) is 1. The molecule has 1 aliphatic rings. The number of alkyl carbamates (subject to hydrolysis) is 1. The van der Waals surface area contributed by atoms with E-state index in [2.05, 4.69) is 5.92 Å². The predicted octanol–water partition coefficient (Wildman–Crippen LogP) is 3.05. The van der Waals surface area contributed by atoms with Crippen LogP contribution in [0.25, 0.3) is 11.1 Å². The number of carboxylic acids is 1. The molecule has 1 atom stereocenters. The van der Waals surface area contributed by atoms with E-state index in [9.17, 15) is 27.6 Å². The van der Waals surface area contributed by atoms with Crippen molar-refractivity contribution in [3.05, 3.63) is 59.7 Å². The van der Waals surface area contributed by atoms with E-state index in [1.165, 1.54) is 0 Å². The lowest BCUT2D eigenvalue weighted by molar-refractivity contribution is -0.148. The molecule has 33 heavy (non-hydrogen) atoms. The van der Waals surface area contributed by atoms with Crippen molar-refractivity contribution in [2.24, 2.45) is 0 Å². The second-order valence-electron chi connectivity index (χ2n) is 7.17. The fourth-order valence-electron chi connectivity index (χ4n) is 3.60. The van der Waals surface area contributed by atoms with E-state index >= 15 is 0 Å². The summed E-state index contributed by atoms with van der Waals surface area (Å²) in [5, 5.41) is 12.4. The normalized spacial score (nSPS) is 13.1. The van der Waals surface area contributed by atoms with Gasteiger partial charge in [0.1, 0.15) is 12.6 Å². The van der Waals surface area contributed by atoms with Crippen molar-refractivity contribution in [1.29, 1.82) is 0 Å². The molecule has 0 spiro atoms. The van der Waals surface area contributed by atoms with Gasteiger partial charge in [0.2, 0.25) is 5.91 Å². The van der Waals surface area contributed by atoms with Crippen LogP contribution >= 0.6 is 0 Å². The van der Waals surface area contributed by atoms with Gasteiger partial charge in [-0.25, -0.2) is 9.59 Å². The molecule has 1 aliphatic carbocycles. The molecule has 2 amide bonds. The maximum Gasteiger partial charge on any atom is 0.407 e. The lowest BCUT2D eigenvalue weighted by Crippen LogP contribution is -2.49. The number of hydrogen-bond acceptors (Lipinski definition) is 4. The fraction of sp³-hybridized carbons (Fsp3) is 0.261. The number of rotatable bonds is 6. The first-order chi connectivity index (χ1) is 15.7. The van der Waals surface area contributed by atoms with Gasteiger partial charge in [0.15, 0.2) is 0 Å². The van der Waals surface area contributed by atoms with Gasteiger partial charge in [-0.15, -0.1) is 0 Å². The molecule has 0 bridgehead atoms. The van der Waals surface area contributed by atoms with Crippen LogP contribution in [0, 0.1) is 11.8 Å². The van der Waals surface area contributed by atoms with E-state index in [0.717, 1.165) is 22.3 Å². The maximum absolute atomic E-state index is 12.9. The molecule has 0 aromatic heterocycles. The molecular weight excluding hydrogens is 441 g/mol. The van der Waals surface area contributed by atoms with E-state index in [1.807, 2.05) is 59.2 Å². The predicted molar refractivity (Wildman–Crippen MR) is 111 cm³/mol. The SMILES string of the molecule is O=C(O)C#CCNC(=O)C(CC(F)(F)F)NC(=O)OCC1c2ccccc2-c2ccccc21. The van der Waals surface area contributed by atoms with Gasteiger partial charge >= 0.3 is 18.2 Å². The summed E-state index contributed by atoms with van der Waals surface area (Å²) in [4.78, 5) is 34.7. The number of hydrogen-bond donors (Lipinski definition) is 3. The number of fused-ring (bicyclic) bond motifs is 3. The first-order valence-electron chi connectivity index (χ1n) is 9.83. The smallest absolute Gasteiger partial charge is 0.407 e. The minimum Gasteiger partial charge on any atom is -0.472 e. The van der Waals surface area contributed by atoms with Crippen molar-refractivity contribution in [2.75, 3.05) is 13.2 Å². The zero-order chi connectivity index (χ0) is 24.0. The zero-order valence-corrected chi connectivity index (χ0v) is 17.1. The highest BCUT2D eigenvalue weighted by atomic mass is 19.4. The third-order valence-electron chi connectivity index (χ3n) is 4.93. The number of halogens is 3. The van der Waals surface area contributed by atoms with Crippen LogP contribution in [0.5, 0.6) is 0 Å². The molecule has 0 radical (unpaired) electrons. The molecule has 1 unspecified atom stereocenters. The fourth-order valence-corrected chi connectivity index (χ4v) is 3.60. The summed E-state index contributed by atoms with van der Waals surface area (Å²) in [7, 11) is 0. The Bertz CT molecular complexity index is 1080. The van der Waals surface area contributed by atoms with Crippen LogP contribution in [0.15, 0.2) is 48.5 Å². The highest BCUT2D eigenvalue weighted by Gasteiger charge is 2.37. The van der Waals surface area contributed by atoms with Crippen LogP contribution in [0.3, 0.4) is 0 Å². The Kier molecular flexibility index (Phi) is 7.23. The number of carbonyl (C=O) groups is 3. The highest BCUT2D eigenvalue weighted by molar-refractivity contribution is 5.87. The number of carbonyl (C=O) groups excluding carboxylic acids is 2. The first-order valence-corrected chi connectivity index (χ1v) is 9.83. The molecule has 3 N–H and O–H groups in total. The van der Waals surface area contributed by atoms with Gasteiger partial charge in [-0.3, -0.25) is 4.79 Å². The second-order valence-corrected chi connectivity index (χ2v) is 7.17. The lowest BCUT2D eigenvalue weighted by atomic mass is 9.98. The summed E-state index contributed by atoms with van der Waals surface area (Å²) in [5.41, 5.74) is 3.82. The van der Waals surface area contributed by atoms with Gasteiger partial charge in [-0.05, 0) is 22.3 Å². The molecule has 2 aromatic rings. The van der Waals surface area contributed by atoms with E-state index in [4.69, 9.17) is 9.84 Å². The van der Waals surface area contributed by atoms with Crippen LogP contribution in [0.2, 0.25) is 0 Å². The van der Waals surface area contributed by atoms with Gasteiger partial charge in [-0.2, -0.15) is 13.2 Å². The van der Waals surface area contributed by atoms with Gasteiger partial charge < -0.3 is 20.5 Å². The van der Waals surface area contributed by atoms with Gasteiger partial charge in [0.05, 0.1) is 13.0 Å². The Morgan fingerprint density at radius 2 is 1.61 bits per heavy atom. The van der Waals surface area contributed by atoms with E-state index in [-0.39, 0.29) is 12.5 Å². The largest absolute Gasteiger partial charge is 0.472 e. The number of benzene rings is 2. The molecule has 0 aliphatic heterocycles. The lowest BCUT2D eigenvalue weighted by Gasteiger charge is -2.20. The van der Waals surface area contributed by atoms with Crippen molar-refractivity contribution in [1.82, 2.24) is 10.6 Å². The molecule has 0 saturated carbocycles. The van der Waals surface area contributed by atoms with Crippen LogP contribution < -0.4 is 10.6 Å². The molecular formula is C23H19F3N2O5. The van der Waals surface area contributed by atoms with Crippen molar-refractivity contribution >= 4 is 18.0 Å². The van der Waals surface area contributed by atoms with Crippen LogP contribution in [-0.4, -0.2) is 48.4 Å². The van der Waals surface area contributed by atoms with Crippen molar-refractivity contribution < 1.29 is 37.4 Å². The molecule has 10 heteroatoms. The molecule has 3 rings (SSSR count). The van der Waals surface area contributed by atoms with Gasteiger partial charge in [0, 0.05) is 11.8 Å². The van der Waals surface area contributed by atoms with Crippen LogP contribution in [-0.2, 0) is 14.3 Å². The number of aliphatic carboxylic acids is 1. The average molecular weight is 460 g/mol. The Morgan fingerprint density at radius 3 is 2.15 bits per heavy atom. The minimum atomic E-state index is -4.74. The van der Waals surface area contributed by atoms with E-state index in [0.29, 0.717) is 0 Å². The average Bonchev–Trinajstić information content (AvgIpc) is 3.07. The number of alkyl halides is 3. The number of nitrogens with one attached hydrogen (secondary N) is 2. The minimum absolute atomic E-state index is 0.135. The van der Waals surface area contributed by atoms with Crippen LogP contribution in [0.1, 0.15) is 23.5 Å². The van der Waals surface area contributed by atoms with E-state index in [1.54, 1.807) is 5.92 Å². The standard InChI is InChI=1S/C23H19F3N2O5/c24-23(25,26)12-19(21(31)27-11-5-10-20(29)30)28-22(32)33-13-18-16-8-3-1-6-14(16)15-7-2-4-9-17(15)18/h1-4,6-9,18-19H,11-13H2,(H,27,31)(H,28,32)(H,29,30). The van der Waals surface area contributed by atoms with E-state index < -0.39 is 43.2 Å². The Morgan fingerprint density at radius 1 is 1.03 bits per heavy atom. The Balaban J connectivity index is 1.65. The molecule has 0 fully saturated rings. The topological polar surface area (TPSA) is 105 Å². The van der Waals surface area contributed by atoms with Crippen LogP contribution in [0.4, 0.5) is 18.0 Å². The van der Waals surface area contributed by atoms with Crippen molar-refractivity contribution in [2.45, 2.75) is 24.6 Å². The summed E-state index contributed by atoms with van der Waals surface area (Å²) in [6.07, 6.45) is -7.56. The quantitative estimate of drug-likeness (QED) is 0.575. The summed E-state index contributed by atoms with van der Waals surface area (Å²) in [6.45, 7) is -0.629. The third kappa shape index (κ3) is 6.26. The third-order valence-corrected chi connectivity index (χ3v) is 4.93. The van der Waals surface area contributed by atoms with Gasteiger partial charge in [0.25, 0.3) is 0 Å². The maximum atomic E-state index is 12.9. The highest BCUT2D eigenvalue weighted by Crippen LogP contribution is 2.44. The first kappa shape index (κ1) is 23.7. The summed E-state index contributed by atoms with van der Waals surface area (Å²) in [5.74, 6) is 0.857. The summed E-state index contributed by atoms with van der Waals surface area (Å²) >= 11 is 0. The zero-order valence-electron chi connectivity index (χ0n) is 17.1. The molecule has 0 saturated heterocycles.